The molecule has 4 aromatic rings. The molecule has 4 aliphatic rings. The molecule has 1 aromatic heterocycles. The van der Waals surface area contributed by atoms with Gasteiger partial charge in [0.25, 0.3) is 5.91 Å². The Morgan fingerprint density at radius 2 is 1.65 bits per heavy atom. The Kier molecular flexibility index (Phi) is 11.0. The molecule has 0 unspecified atom stereocenters. The van der Waals surface area contributed by atoms with Gasteiger partial charge in [-0.05, 0) is 112 Å². The maximum Gasteiger partial charge on any atom is 0.328 e. The van der Waals surface area contributed by atoms with Gasteiger partial charge in [0.05, 0.1) is 27.9 Å². The highest BCUT2D eigenvalue weighted by Crippen LogP contribution is 2.34. The molecule has 0 bridgehead atoms. The SMILES string of the molecule is N#Cc1ccc(OC2CCC(NC(=O)c3ccc(N4CCC(CN5CCC(n6ccc7c(N8CCC(=O)NC8=O)cccc76)CC5)CC4)cc3)CC2)cc1Cl. The van der Waals surface area contributed by atoms with E-state index in [0.29, 0.717) is 46.8 Å². The van der Waals surface area contributed by atoms with Crippen LogP contribution in [0.3, 0.4) is 0 Å². The number of piperidine rings is 2. The Balaban J connectivity index is 0.760. The second-order valence-corrected chi connectivity index (χ2v) is 15.9. The van der Waals surface area contributed by atoms with E-state index >= 15 is 0 Å². The number of anilines is 2. The molecule has 0 spiro atoms. The third-order valence-corrected chi connectivity index (χ3v) is 12.3. The maximum atomic E-state index is 13.1. The molecule has 1 aliphatic carbocycles. The van der Waals surface area contributed by atoms with E-state index in [1.165, 1.54) is 5.69 Å². The highest BCUT2D eigenvalue weighted by atomic mass is 35.5. The first-order chi connectivity index (χ1) is 26.8. The molecule has 4 heterocycles. The van der Waals surface area contributed by atoms with Crippen LogP contribution in [0.2, 0.25) is 5.02 Å². The standard InChI is InChI=1S/C43H48ClN7O4/c44-38-26-36(11-6-31(38)27-45)55-35-12-7-32(8-13-35)46-42(53)30-4-9-33(10-5-30)49-22-14-29(15-23-49)28-48-20-16-34(17-21-48)50-24-18-37-39(50)2-1-3-40(37)51-25-19-41(52)47-43(51)54/h1-6,9-11,18,24,26,29,32,34-35H,7-8,12-17,19-23,25,28H2,(H,46,53)(H,47,52,54). The van der Waals surface area contributed by atoms with Crippen molar-refractivity contribution in [3.8, 4) is 11.8 Å². The Morgan fingerprint density at radius 1 is 0.891 bits per heavy atom. The van der Waals surface area contributed by atoms with E-state index in [-0.39, 0.29) is 30.0 Å². The predicted molar refractivity (Wildman–Crippen MR) is 214 cm³/mol. The summed E-state index contributed by atoms with van der Waals surface area (Å²) in [6.07, 6.45) is 10.4. The molecule has 3 saturated heterocycles. The average molecular weight is 762 g/mol. The highest BCUT2D eigenvalue weighted by molar-refractivity contribution is 6.31. The first-order valence-electron chi connectivity index (χ1n) is 19.8. The molecule has 11 nitrogen and oxygen atoms in total. The monoisotopic (exact) mass is 761 g/mol. The summed E-state index contributed by atoms with van der Waals surface area (Å²) in [5.41, 5.74) is 4.29. The first-order valence-corrected chi connectivity index (χ1v) is 20.1. The zero-order chi connectivity index (χ0) is 37.9. The minimum Gasteiger partial charge on any atom is -0.490 e. The third kappa shape index (κ3) is 8.31. The van der Waals surface area contributed by atoms with Gasteiger partial charge in [0.1, 0.15) is 11.8 Å². The van der Waals surface area contributed by atoms with Gasteiger partial charge in [0.15, 0.2) is 0 Å². The molecule has 2 N–H and O–H groups in total. The Bertz CT molecular complexity index is 2070. The normalized spacial score (nSPS) is 21.7. The van der Waals surface area contributed by atoms with Crippen molar-refractivity contribution in [3.63, 3.8) is 0 Å². The number of likely N-dealkylation sites (tertiary alicyclic amines) is 1. The molecular formula is C43H48ClN7O4. The summed E-state index contributed by atoms with van der Waals surface area (Å²) in [7, 11) is 0. The molecule has 4 amide bonds. The third-order valence-electron chi connectivity index (χ3n) is 12.0. The summed E-state index contributed by atoms with van der Waals surface area (Å²) in [5, 5.41) is 16.2. The van der Waals surface area contributed by atoms with E-state index in [9.17, 15) is 14.4 Å². The van der Waals surface area contributed by atoms with Crippen LogP contribution in [0, 0.1) is 17.2 Å². The van der Waals surface area contributed by atoms with Crippen molar-refractivity contribution in [1.29, 1.82) is 5.26 Å². The Morgan fingerprint density at radius 3 is 2.36 bits per heavy atom. The van der Waals surface area contributed by atoms with E-state index in [2.05, 4.69) is 61.5 Å². The molecule has 0 atom stereocenters. The number of amides is 4. The van der Waals surface area contributed by atoms with E-state index in [1.807, 2.05) is 24.3 Å². The highest BCUT2D eigenvalue weighted by Gasteiger charge is 2.29. The number of imide groups is 1. The van der Waals surface area contributed by atoms with Gasteiger partial charge in [-0.25, -0.2) is 4.79 Å². The minimum atomic E-state index is -0.347. The van der Waals surface area contributed by atoms with Crippen molar-refractivity contribution in [1.82, 2.24) is 20.1 Å². The quantitative estimate of drug-likeness (QED) is 0.184. The average Bonchev–Trinajstić information content (AvgIpc) is 3.64. The number of rotatable bonds is 9. The number of benzene rings is 3. The van der Waals surface area contributed by atoms with Crippen LogP contribution in [-0.4, -0.2) is 78.7 Å². The van der Waals surface area contributed by atoms with Crippen molar-refractivity contribution >= 4 is 51.7 Å². The van der Waals surface area contributed by atoms with E-state index in [1.54, 1.807) is 23.1 Å². The smallest absolute Gasteiger partial charge is 0.328 e. The van der Waals surface area contributed by atoms with Crippen LogP contribution in [0.1, 0.15) is 79.8 Å². The lowest BCUT2D eigenvalue weighted by Gasteiger charge is -2.38. The van der Waals surface area contributed by atoms with Crippen molar-refractivity contribution in [2.24, 2.45) is 5.92 Å². The molecule has 286 valence electrons. The Labute approximate surface area is 327 Å². The number of carbonyl (C=O) groups is 3. The van der Waals surface area contributed by atoms with Crippen LogP contribution < -0.4 is 25.2 Å². The molecule has 3 aliphatic heterocycles. The van der Waals surface area contributed by atoms with Crippen molar-refractivity contribution < 1.29 is 19.1 Å². The van der Waals surface area contributed by atoms with E-state index in [0.717, 1.165) is 101 Å². The maximum absolute atomic E-state index is 13.1. The lowest BCUT2D eigenvalue weighted by Crippen LogP contribution is -2.49. The molecular weight excluding hydrogens is 714 g/mol. The minimum absolute atomic E-state index is 0.0304. The molecule has 55 heavy (non-hydrogen) atoms. The summed E-state index contributed by atoms with van der Waals surface area (Å²) >= 11 is 6.16. The first kappa shape index (κ1) is 36.9. The summed E-state index contributed by atoms with van der Waals surface area (Å²) in [5.74, 6) is 1.10. The number of nitrogens with one attached hydrogen (secondary N) is 2. The zero-order valence-corrected chi connectivity index (χ0v) is 31.8. The number of nitriles is 1. The molecule has 8 rings (SSSR count). The molecule has 1 saturated carbocycles. The van der Waals surface area contributed by atoms with Crippen LogP contribution in [0.15, 0.2) is 72.9 Å². The number of nitrogens with zero attached hydrogens (tertiary/aromatic N) is 5. The lowest BCUT2D eigenvalue weighted by molar-refractivity contribution is -0.120. The van der Waals surface area contributed by atoms with Crippen molar-refractivity contribution in [2.75, 3.05) is 49.1 Å². The molecule has 12 heteroatoms. The molecule has 4 fully saturated rings. The predicted octanol–water partition coefficient (Wildman–Crippen LogP) is 7.29. The number of hydrogen-bond acceptors (Lipinski definition) is 7. The van der Waals surface area contributed by atoms with Gasteiger partial charge in [0.2, 0.25) is 5.91 Å². The van der Waals surface area contributed by atoms with Gasteiger partial charge >= 0.3 is 6.03 Å². The summed E-state index contributed by atoms with van der Waals surface area (Å²) in [6, 6.07) is 23.7. The van der Waals surface area contributed by atoms with Crippen LogP contribution in [-0.2, 0) is 4.79 Å². The van der Waals surface area contributed by atoms with Crippen LogP contribution in [0.4, 0.5) is 16.2 Å². The van der Waals surface area contributed by atoms with Gasteiger partial charge < -0.3 is 24.4 Å². The summed E-state index contributed by atoms with van der Waals surface area (Å²) in [6.45, 7) is 5.73. The number of carbonyl (C=O) groups excluding carboxylic acids is 3. The van der Waals surface area contributed by atoms with Gasteiger partial charge in [0, 0.05) is 86.7 Å². The number of halogens is 1. The fraction of sp³-hybridized carbons (Fsp3) is 0.442. The fourth-order valence-corrected chi connectivity index (χ4v) is 9.12. The summed E-state index contributed by atoms with van der Waals surface area (Å²) < 4.78 is 8.49. The molecule has 3 aromatic carbocycles. The van der Waals surface area contributed by atoms with Crippen LogP contribution in [0.5, 0.6) is 5.75 Å². The lowest BCUT2D eigenvalue weighted by atomic mass is 9.92. The number of fused-ring (bicyclic) bond motifs is 1. The van der Waals surface area contributed by atoms with Gasteiger partial charge in [-0.15, -0.1) is 0 Å². The van der Waals surface area contributed by atoms with Gasteiger partial charge in [-0.1, -0.05) is 17.7 Å². The summed E-state index contributed by atoms with van der Waals surface area (Å²) in [4.78, 5) is 44.1. The van der Waals surface area contributed by atoms with E-state index in [4.69, 9.17) is 21.6 Å². The second kappa shape index (κ2) is 16.4. The van der Waals surface area contributed by atoms with Crippen molar-refractivity contribution in [2.45, 2.75) is 76.0 Å². The van der Waals surface area contributed by atoms with Gasteiger partial charge in [-0.2, -0.15) is 5.26 Å². The number of ether oxygens (including phenoxy) is 1. The number of hydrogen-bond donors (Lipinski definition) is 2. The number of urea groups is 1. The van der Waals surface area contributed by atoms with Crippen molar-refractivity contribution in [3.05, 3.63) is 89.1 Å². The topological polar surface area (TPSA) is 123 Å². The Hall–Kier alpha value is -5.05. The number of aromatic nitrogens is 1. The van der Waals surface area contributed by atoms with Gasteiger partial charge in [-0.3, -0.25) is 19.8 Å². The second-order valence-electron chi connectivity index (χ2n) is 15.5. The van der Waals surface area contributed by atoms with Crippen LogP contribution in [0.25, 0.3) is 10.9 Å². The van der Waals surface area contributed by atoms with E-state index < -0.39 is 0 Å². The molecule has 0 radical (unpaired) electrons. The largest absolute Gasteiger partial charge is 0.490 e. The van der Waals surface area contributed by atoms with Crippen LogP contribution >= 0.6 is 11.6 Å². The fourth-order valence-electron chi connectivity index (χ4n) is 8.91. The zero-order valence-electron chi connectivity index (χ0n) is 31.1.